The third-order valence-corrected chi connectivity index (χ3v) is 4.21. The molecule has 2 rings (SSSR count). The molecule has 3 unspecified atom stereocenters. The van der Waals surface area contributed by atoms with E-state index in [-0.39, 0.29) is 0 Å². The van der Waals surface area contributed by atoms with Crippen LogP contribution in [-0.2, 0) is 6.54 Å². The van der Waals surface area contributed by atoms with E-state index < -0.39 is 0 Å². The van der Waals surface area contributed by atoms with Gasteiger partial charge < -0.3 is 10.2 Å². The van der Waals surface area contributed by atoms with E-state index in [9.17, 15) is 0 Å². The summed E-state index contributed by atoms with van der Waals surface area (Å²) in [5, 5.41) is 8.06. The second-order valence-corrected chi connectivity index (χ2v) is 5.46. The first-order chi connectivity index (χ1) is 8.65. The van der Waals surface area contributed by atoms with Gasteiger partial charge in [0.25, 0.3) is 0 Å². The standard InChI is InChI=1S/C14H26N4/c1-5-11(3)14-10-18(12(4)7-15-14)13-8-16-17(6-2)9-13/h8-9,11-12,14-15H,5-7,10H2,1-4H3. The molecule has 4 nitrogen and oxygen atoms in total. The lowest BCUT2D eigenvalue weighted by Crippen LogP contribution is -2.57. The Kier molecular flexibility index (Phi) is 4.27. The molecule has 1 aliphatic heterocycles. The van der Waals surface area contributed by atoms with Gasteiger partial charge in [0.1, 0.15) is 0 Å². The first-order valence-corrected chi connectivity index (χ1v) is 7.18. The average molecular weight is 250 g/mol. The monoisotopic (exact) mass is 250 g/mol. The highest BCUT2D eigenvalue weighted by atomic mass is 15.3. The average Bonchev–Trinajstić information content (AvgIpc) is 2.87. The van der Waals surface area contributed by atoms with Gasteiger partial charge in [-0.3, -0.25) is 4.68 Å². The molecule has 0 aromatic carbocycles. The minimum absolute atomic E-state index is 0.541. The van der Waals surface area contributed by atoms with E-state index >= 15 is 0 Å². The van der Waals surface area contributed by atoms with E-state index in [1.54, 1.807) is 0 Å². The fourth-order valence-electron chi connectivity index (χ4n) is 2.59. The maximum absolute atomic E-state index is 4.39. The van der Waals surface area contributed by atoms with Crippen molar-refractivity contribution in [2.45, 2.75) is 52.7 Å². The number of piperazine rings is 1. The number of aryl methyl sites for hydroxylation is 1. The highest BCUT2D eigenvalue weighted by Crippen LogP contribution is 2.22. The Balaban J connectivity index is 2.09. The summed E-state index contributed by atoms with van der Waals surface area (Å²) >= 11 is 0. The minimum atomic E-state index is 0.541. The highest BCUT2D eigenvalue weighted by molar-refractivity contribution is 5.44. The molecular weight excluding hydrogens is 224 g/mol. The predicted molar refractivity (Wildman–Crippen MR) is 76.0 cm³/mol. The van der Waals surface area contributed by atoms with Crippen LogP contribution in [0, 0.1) is 5.92 Å². The van der Waals surface area contributed by atoms with Gasteiger partial charge in [-0.2, -0.15) is 5.10 Å². The molecule has 0 saturated carbocycles. The molecule has 0 aliphatic carbocycles. The van der Waals surface area contributed by atoms with Crippen molar-refractivity contribution in [3.8, 4) is 0 Å². The van der Waals surface area contributed by atoms with Gasteiger partial charge in [0, 0.05) is 37.9 Å². The lowest BCUT2D eigenvalue weighted by atomic mass is 9.95. The summed E-state index contributed by atoms with van der Waals surface area (Å²) in [6.45, 7) is 12.1. The number of rotatable bonds is 4. The van der Waals surface area contributed by atoms with Crippen molar-refractivity contribution >= 4 is 5.69 Å². The van der Waals surface area contributed by atoms with Crippen molar-refractivity contribution in [1.29, 1.82) is 0 Å². The number of hydrogen-bond acceptors (Lipinski definition) is 3. The predicted octanol–water partition coefficient (Wildman–Crippen LogP) is 2.12. The molecule has 0 amide bonds. The van der Waals surface area contributed by atoms with Crippen molar-refractivity contribution in [3.63, 3.8) is 0 Å². The molecular formula is C14H26N4. The van der Waals surface area contributed by atoms with Crippen LogP contribution in [0.1, 0.15) is 34.1 Å². The van der Waals surface area contributed by atoms with Gasteiger partial charge in [-0.05, 0) is 19.8 Å². The van der Waals surface area contributed by atoms with Crippen molar-refractivity contribution in [3.05, 3.63) is 12.4 Å². The van der Waals surface area contributed by atoms with Crippen molar-refractivity contribution < 1.29 is 0 Å². The summed E-state index contributed by atoms with van der Waals surface area (Å²) in [6, 6.07) is 1.14. The lowest BCUT2D eigenvalue weighted by molar-refractivity contribution is 0.316. The Morgan fingerprint density at radius 3 is 2.89 bits per heavy atom. The van der Waals surface area contributed by atoms with Crippen LogP contribution in [0.2, 0.25) is 0 Å². The van der Waals surface area contributed by atoms with Crippen molar-refractivity contribution in [2.75, 3.05) is 18.0 Å². The van der Waals surface area contributed by atoms with E-state index in [0.29, 0.717) is 12.1 Å². The first kappa shape index (κ1) is 13.4. The second kappa shape index (κ2) is 5.74. The summed E-state index contributed by atoms with van der Waals surface area (Å²) in [4.78, 5) is 2.49. The van der Waals surface area contributed by atoms with E-state index in [0.717, 1.165) is 25.6 Å². The molecule has 102 valence electrons. The SMILES string of the molecule is CCC(C)C1CN(c2cnn(CC)c2)C(C)CN1. The Morgan fingerprint density at radius 1 is 1.50 bits per heavy atom. The summed E-state index contributed by atoms with van der Waals surface area (Å²) in [7, 11) is 0. The molecule has 0 radical (unpaired) electrons. The number of anilines is 1. The molecule has 1 aromatic rings. The maximum Gasteiger partial charge on any atom is 0.0755 e. The highest BCUT2D eigenvalue weighted by Gasteiger charge is 2.28. The normalized spacial score (nSPS) is 26.3. The minimum Gasteiger partial charge on any atom is -0.363 e. The molecule has 4 heteroatoms. The smallest absolute Gasteiger partial charge is 0.0755 e. The van der Waals surface area contributed by atoms with Crippen LogP contribution in [0.15, 0.2) is 12.4 Å². The van der Waals surface area contributed by atoms with Crippen LogP contribution in [-0.4, -0.2) is 35.0 Å². The van der Waals surface area contributed by atoms with Crippen LogP contribution in [0.25, 0.3) is 0 Å². The number of hydrogen-bond donors (Lipinski definition) is 1. The first-order valence-electron chi connectivity index (χ1n) is 7.18. The van der Waals surface area contributed by atoms with Crippen LogP contribution in [0.5, 0.6) is 0 Å². The molecule has 1 fully saturated rings. The summed E-state index contributed by atoms with van der Waals surface area (Å²) in [5.41, 5.74) is 1.26. The van der Waals surface area contributed by atoms with Crippen molar-refractivity contribution in [2.24, 2.45) is 5.92 Å². The fourth-order valence-corrected chi connectivity index (χ4v) is 2.59. The van der Waals surface area contributed by atoms with Gasteiger partial charge in [0.05, 0.1) is 11.9 Å². The van der Waals surface area contributed by atoms with E-state index in [1.165, 1.54) is 12.1 Å². The summed E-state index contributed by atoms with van der Waals surface area (Å²) in [6.07, 6.45) is 5.39. The quantitative estimate of drug-likeness (QED) is 0.888. The summed E-state index contributed by atoms with van der Waals surface area (Å²) < 4.78 is 2.00. The van der Waals surface area contributed by atoms with Gasteiger partial charge in [0.15, 0.2) is 0 Å². The molecule has 2 heterocycles. The molecule has 1 N–H and O–H groups in total. The number of aromatic nitrogens is 2. The Bertz CT molecular complexity index is 374. The molecule has 1 saturated heterocycles. The lowest BCUT2D eigenvalue weighted by Gasteiger charge is -2.41. The Hall–Kier alpha value is -1.03. The molecule has 18 heavy (non-hydrogen) atoms. The van der Waals surface area contributed by atoms with Gasteiger partial charge in [-0.25, -0.2) is 0 Å². The molecule has 1 aliphatic rings. The fraction of sp³-hybridized carbons (Fsp3) is 0.786. The third kappa shape index (κ3) is 2.69. The topological polar surface area (TPSA) is 33.1 Å². The number of nitrogens with zero attached hydrogens (tertiary/aromatic N) is 3. The molecule has 1 aromatic heterocycles. The van der Waals surface area contributed by atoms with Crippen molar-refractivity contribution in [1.82, 2.24) is 15.1 Å². The maximum atomic E-state index is 4.39. The van der Waals surface area contributed by atoms with Gasteiger partial charge in [-0.15, -0.1) is 0 Å². The van der Waals surface area contributed by atoms with E-state index in [4.69, 9.17) is 0 Å². The van der Waals surface area contributed by atoms with E-state index in [1.807, 2.05) is 10.9 Å². The second-order valence-electron chi connectivity index (χ2n) is 5.46. The van der Waals surface area contributed by atoms with Gasteiger partial charge in [-0.1, -0.05) is 20.3 Å². The zero-order valence-electron chi connectivity index (χ0n) is 12.1. The molecule has 0 spiro atoms. The van der Waals surface area contributed by atoms with Gasteiger partial charge in [0.2, 0.25) is 0 Å². The third-order valence-electron chi connectivity index (χ3n) is 4.21. The van der Waals surface area contributed by atoms with Crippen LogP contribution < -0.4 is 10.2 Å². The number of nitrogens with one attached hydrogen (secondary N) is 1. The zero-order chi connectivity index (χ0) is 13.1. The zero-order valence-corrected chi connectivity index (χ0v) is 12.1. The van der Waals surface area contributed by atoms with E-state index in [2.05, 4.69) is 49.2 Å². The molecule has 3 atom stereocenters. The Morgan fingerprint density at radius 2 is 2.28 bits per heavy atom. The largest absolute Gasteiger partial charge is 0.363 e. The van der Waals surface area contributed by atoms with Crippen LogP contribution >= 0.6 is 0 Å². The Labute approximate surface area is 110 Å². The van der Waals surface area contributed by atoms with Gasteiger partial charge >= 0.3 is 0 Å². The van der Waals surface area contributed by atoms with Crippen LogP contribution in [0.4, 0.5) is 5.69 Å². The summed E-state index contributed by atoms with van der Waals surface area (Å²) in [5.74, 6) is 0.723. The van der Waals surface area contributed by atoms with Crippen LogP contribution in [0.3, 0.4) is 0 Å². The molecule has 0 bridgehead atoms.